The fraction of sp³-hybridized carbons (Fsp3) is 0.250. The van der Waals surface area contributed by atoms with Crippen LogP contribution in [0.15, 0.2) is 46.9 Å². The van der Waals surface area contributed by atoms with Crippen LogP contribution >= 0.6 is 15.9 Å². The predicted octanol–water partition coefficient (Wildman–Crippen LogP) is 3.34. The van der Waals surface area contributed by atoms with Gasteiger partial charge in [0.25, 0.3) is 0 Å². The van der Waals surface area contributed by atoms with E-state index < -0.39 is 6.10 Å². The summed E-state index contributed by atoms with van der Waals surface area (Å²) in [7, 11) is 0. The summed E-state index contributed by atoms with van der Waals surface area (Å²) >= 11 is 3.34. The highest BCUT2D eigenvalue weighted by molar-refractivity contribution is 9.10. The number of hydrogen-bond donors (Lipinski definition) is 2. The van der Waals surface area contributed by atoms with Crippen molar-refractivity contribution in [1.82, 2.24) is 5.32 Å². The summed E-state index contributed by atoms with van der Waals surface area (Å²) in [5, 5.41) is 13.4. The van der Waals surface area contributed by atoms with Gasteiger partial charge in [0.2, 0.25) is 0 Å². The SMILES string of the molecule is O[C@H]1Cc2ccccc2[C@H]1NCc1cc(Br)ccc1F. The highest BCUT2D eigenvalue weighted by Gasteiger charge is 2.30. The van der Waals surface area contributed by atoms with E-state index in [-0.39, 0.29) is 11.9 Å². The lowest BCUT2D eigenvalue weighted by Gasteiger charge is -2.18. The van der Waals surface area contributed by atoms with Gasteiger partial charge in [0.15, 0.2) is 0 Å². The molecule has 2 N–H and O–H groups in total. The fourth-order valence-electron chi connectivity index (χ4n) is 2.72. The first kappa shape index (κ1) is 13.7. The summed E-state index contributed by atoms with van der Waals surface area (Å²) in [6, 6.07) is 12.7. The Morgan fingerprint density at radius 1 is 1.25 bits per heavy atom. The van der Waals surface area contributed by atoms with E-state index in [4.69, 9.17) is 0 Å². The zero-order valence-electron chi connectivity index (χ0n) is 10.8. The summed E-state index contributed by atoms with van der Waals surface area (Å²) < 4.78 is 14.6. The summed E-state index contributed by atoms with van der Waals surface area (Å²) in [5.74, 6) is -0.235. The van der Waals surface area contributed by atoms with Crippen LogP contribution in [-0.2, 0) is 13.0 Å². The smallest absolute Gasteiger partial charge is 0.127 e. The average molecular weight is 336 g/mol. The molecule has 3 rings (SSSR count). The highest BCUT2D eigenvalue weighted by Crippen LogP contribution is 2.31. The second-order valence-corrected chi connectivity index (χ2v) is 5.98. The van der Waals surface area contributed by atoms with Crippen molar-refractivity contribution in [1.29, 1.82) is 0 Å². The van der Waals surface area contributed by atoms with E-state index in [0.717, 1.165) is 15.6 Å². The van der Waals surface area contributed by atoms with E-state index in [1.165, 1.54) is 6.07 Å². The quantitative estimate of drug-likeness (QED) is 0.901. The molecule has 0 heterocycles. The number of nitrogens with one attached hydrogen (secondary N) is 1. The van der Waals surface area contributed by atoms with E-state index in [0.29, 0.717) is 18.5 Å². The van der Waals surface area contributed by atoms with Crippen molar-refractivity contribution in [3.8, 4) is 0 Å². The van der Waals surface area contributed by atoms with Crippen LogP contribution in [0.2, 0.25) is 0 Å². The van der Waals surface area contributed by atoms with Gasteiger partial charge in [0.1, 0.15) is 5.82 Å². The monoisotopic (exact) mass is 335 g/mol. The third kappa shape index (κ3) is 2.64. The Labute approximate surface area is 125 Å². The van der Waals surface area contributed by atoms with E-state index in [9.17, 15) is 9.50 Å². The lowest BCUT2D eigenvalue weighted by atomic mass is 10.1. The Kier molecular flexibility index (Phi) is 3.87. The molecule has 4 heteroatoms. The second-order valence-electron chi connectivity index (χ2n) is 5.06. The molecule has 0 aromatic heterocycles. The standard InChI is InChI=1S/C16H15BrFNO/c17-12-5-6-14(18)11(7-12)9-19-16-13-4-2-1-3-10(13)8-15(16)20/h1-7,15-16,19-20H,8-9H2/t15-,16+/m0/s1. The minimum atomic E-state index is -0.456. The van der Waals surface area contributed by atoms with Gasteiger partial charge in [-0.1, -0.05) is 40.2 Å². The number of rotatable bonds is 3. The first-order valence-corrected chi connectivity index (χ1v) is 7.37. The van der Waals surface area contributed by atoms with Crippen molar-refractivity contribution in [3.05, 3.63) is 69.4 Å². The Balaban J connectivity index is 1.77. The van der Waals surface area contributed by atoms with E-state index >= 15 is 0 Å². The number of hydrogen-bond acceptors (Lipinski definition) is 2. The number of aliphatic hydroxyl groups excluding tert-OH is 1. The molecular weight excluding hydrogens is 321 g/mol. The second kappa shape index (κ2) is 5.64. The van der Waals surface area contributed by atoms with Crippen molar-refractivity contribution in [3.63, 3.8) is 0 Å². The molecule has 0 saturated carbocycles. The molecule has 2 aromatic rings. The molecule has 104 valence electrons. The predicted molar refractivity (Wildman–Crippen MR) is 79.8 cm³/mol. The molecule has 0 fully saturated rings. The zero-order valence-corrected chi connectivity index (χ0v) is 12.4. The third-order valence-corrected chi connectivity index (χ3v) is 4.22. The van der Waals surface area contributed by atoms with Crippen molar-refractivity contribution < 1.29 is 9.50 Å². The first-order chi connectivity index (χ1) is 9.65. The first-order valence-electron chi connectivity index (χ1n) is 6.58. The normalized spacial score (nSPS) is 20.9. The topological polar surface area (TPSA) is 32.3 Å². The molecule has 0 bridgehead atoms. The summed E-state index contributed by atoms with van der Waals surface area (Å²) in [5.41, 5.74) is 2.86. The van der Waals surface area contributed by atoms with Crippen molar-refractivity contribution >= 4 is 15.9 Å². The van der Waals surface area contributed by atoms with Crippen LogP contribution in [0.4, 0.5) is 4.39 Å². The van der Waals surface area contributed by atoms with E-state index in [2.05, 4.69) is 21.2 Å². The Hall–Kier alpha value is -1.23. The molecule has 1 aliphatic carbocycles. The molecule has 20 heavy (non-hydrogen) atoms. The highest BCUT2D eigenvalue weighted by atomic mass is 79.9. The lowest BCUT2D eigenvalue weighted by Crippen LogP contribution is -2.28. The molecule has 0 saturated heterocycles. The number of fused-ring (bicyclic) bond motifs is 1. The van der Waals surface area contributed by atoms with Crippen molar-refractivity contribution in [2.24, 2.45) is 0 Å². The van der Waals surface area contributed by atoms with Gasteiger partial charge in [0.05, 0.1) is 12.1 Å². The Bertz CT molecular complexity index is 632. The Morgan fingerprint density at radius 2 is 2.05 bits per heavy atom. The fourth-order valence-corrected chi connectivity index (χ4v) is 3.13. The molecule has 0 aliphatic heterocycles. The van der Waals surface area contributed by atoms with Crippen LogP contribution in [0.25, 0.3) is 0 Å². The summed E-state index contributed by atoms with van der Waals surface area (Å²) in [6.45, 7) is 0.390. The molecule has 1 aliphatic rings. The van der Waals surface area contributed by atoms with Gasteiger partial charge >= 0.3 is 0 Å². The summed E-state index contributed by atoms with van der Waals surface area (Å²) in [4.78, 5) is 0. The van der Waals surface area contributed by atoms with Crippen LogP contribution in [0.5, 0.6) is 0 Å². The number of halogens is 2. The third-order valence-electron chi connectivity index (χ3n) is 3.72. The van der Waals surface area contributed by atoms with Gasteiger partial charge in [0, 0.05) is 23.0 Å². The summed E-state index contributed by atoms with van der Waals surface area (Å²) in [6.07, 6.45) is 0.192. The van der Waals surface area contributed by atoms with E-state index in [1.54, 1.807) is 12.1 Å². The largest absolute Gasteiger partial charge is 0.391 e. The van der Waals surface area contributed by atoms with Crippen molar-refractivity contribution in [2.75, 3.05) is 0 Å². The van der Waals surface area contributed by atoms with Crippen LogP contribution in [0.1, 0.15) is 22.7 Å². The Morgan fingerprint density at radius 3 is 2.90 bits per heavy atom. The zero-order chi connectivity index (χ0) is 14.1. The molecule has 0 spiro atoms. The van der Waals surface area contributed by atoms with Crippen molar-refractivity contribution in [2.45, 2.75) is 25.1 Å². The minimum absolute atomic E-state index is 0.135. The average Bonchev–Trinajstić information content (AvgIpc) is 2.75. The van der Waals surface area contributed by atoms with Gasteiger partial charge in [-0.3, -0.25) is 0 Å². The van der Waals surface area contributed by atoms with Gasteiger partial charge < -0.3 is 10.4 Å². The molecular formula is C16H15BrFNO. The van der Waals surface area contributed by atoms with Gasteiger partial charge in [-0.05, 0) is 29.3 Å². The number of aliphatic hydroxyl groups is 1. The maximum atomic E-state index is 13.7. The molecule has 2 atom stereocenters. The van der Waals surface area contributed by atoms with Crippen LogP contribution in [0.3, 0.4) is 0 Å². The van der Waals surface area contributed by atoms with Crippen LogP contribution in [0, 0.1) is 5.82 Å². The molecule has 2 nitrogen and oxygen atoms in total. The van der Waals surface area contributed by atoms with E-state index in [1.807, 2.05) is 24.3 Å². The molecule has 0 radical (unpaired) electrons. The maximum Gasteiger partial charge on any atom is 0.127 e. The molecule has 0 unspecified atom stereocenters. The minimum Gasteiger partial charge on any atom is -0.391 e. The van der Waals surface area contributed by atoms with Crippen LogP contribution < -0.4 is 5.32 Å². The van der Waals surface area contributed by atoms with Crippen LogP contribution in [-0.4, -0.2) is 11.2 Å². The van der Waals surface area contributed by atoms with Gasteiger partial charge in [-0.2, -0.15) is 0 Å². The van der Waals surface area contributed by atoms with Gasteiger partial charge in [-0.25, -0.2) is 4.39 Å². The molecule has 0 amide bonds. The lowest BCUT2D eigenvalue weighted by molar-refractivity contribution is 0.140. The number of benzene rings is 2. The maximum absolute atomic E-state index is 13.7. The molecule has 2 aromatic carbocycles. The van der Waals surface area contributed by atoms with Gasteiger partial charge in [-0.15, -0.1) is 0 Å².